The summed E-state index contributed by atoms with van der Waals surface area (Å²) in [7, 11) is -3.59. The first-order chi connectivity index (χ1) is 11.3. The molecule has 0 spiro atoms. The summed E-state index contributed by atoms with van der Waals surface area (Å²) in [4.78, 5) is 4.45. The van der Waals surface area contributed by atoms with E-state index in [-0.39, 0.29) is 12.1 Å². The van der Waals surface area contributed by atoms with Gasteiger partial charge in [0.25, 0.3) is 0 Å². The molecule has 2 aromatic heterocycles. The van der Waals surface area contributed by atoms with Crippen LogP contribution in [0.15, 0.2) is 29.4 Å². The zero-order valence-electron chi connectivity index (χ0n) is 14.6. The van der Waals surface area contributed by atoms with Gasteiger partial charge in [0.05, 0.1) is 11.4 Å². The monoisotopic (exact) mass is 348 g/mol. The Kier molecular flexibility index (Phi) is 4.48. The van der Waals surface area contributed by atoms with Crippen LogP contribution in [-0.4, -0.2) is 33.5 Å². The molecule has 0 unspecified atom stereocenters. The Labute approximate surface area is 143 Å². The van der Waals surface area contributed by atoms with Gasteiger partial charge in [0.15, 0.2) is 0 Å². The minimum absolute atomic E-state index is 0.0800. The number of rotatable bonds is 6. The highest BCUT2D eigenvalue weighted by Crippen LogP contribution is 2.35. The van der Waals surface area contributed by atoms with E-state index in [2.05, 4.69) is 10.1 Å². The molecule has 2 aromatic rings. The molecule has 1 fully saturated rings. The molecular formula is C17H24N4O2S. The molecule has 0 amide bonds. The summed E-state index contributed by atoms with van der Waals surface area (Å²) in [5.74, 6) is 0. The van der Waals surface area contributed by atoms with Crippen LogP contribution in [0.1, 0.15) is 49.7 Å². The van der Waals surface area contributed by atoms with Crippen molar-refractivity contribution < 1.29 is 8.42 Å². The molecule has 130 valence electrons. The molecule has 0 saturated heterocycles. The second kappa shape index (κ2) is 6.29. The first-order valence-electron chi connectivity index (χ1n) is 8.29. The third-order valence-corrected chi connectivity index (χ3v) is 6.48. The van der Waals surface area contributed by atoms with E-state index >= 15 is 0 Å². The van der Waals surface area contributed by atoms with E-state index in [1.54, 1.807) is 28.3 Å². The number of aryl methyl sites for hydroxylation is 1. The topological polar surface area (TPSA) is 68.1 Å². The minimum atomic E-state index is -3.59. The highest BCUT2D eigenvalue weighted by Gasteiger charge is 2.40. The first kappa shape index (κ1) is 17.1. The second-order valence-electron chi connectivity index (χ2n) is 6.68. The largest absolute Gasteiger partial charge is 0.266 e. The molecule has 1 aliphatic rings. The molecular weight excluding hydrogens is 324 g/mol. The van der Waals surface area contributed by atoms with Crippen molar-refractivity contribution in [2.45, 2.75) is 64.1 Å². The van der Waals surface area contributed by atoms with E-state index in [0.29, 0.717) is 22.8 Å². The molecule has 6 nitrogen and oxygen atoms in total. The highest BCUT2D eigenvalue weighted by molar-refractivity contribution is 7.89. The average Bonchev–Trinajstić information content (AvgIpc) is 3.30. The van der Waals surface area contributed by atoms with Crippen molar-refractivity contribution in [2.75, 3.05) is 0 Å². The van der Waals surface area contributed by atoms with Crippen molar-refractivity contribution >= 4 is 10.0 Å². The Bertz CT molecular complexity index is 824. The van der Waals surface area contributed by atoms with Gasteiger partial charge in [-0.25, -0.2) is 8.42 Å². The molecule has 0 bridgehead atoms. The zero-order valence-corrected chi connectivity index (χ0v) is 15.4. The Morgan fingerprint density at radius 2 is 2.04 bits per heavy atom. The smallest absolute Gasteiger partial charge is 0.247 e. The van der Waals surface area contributed by atoms with Gasteiger partial charge >= 0.3 is 0 Å². The molecule has 1 aliphatic carbocycles. The number of hydrogen-bond acceptors (Lipinski definition) is 4. The van der Waals surface area contributed by atoms with Gasteiger partial charge in [0.2, 0.25) is 10.0 Å². The van der Waals surface area contributed by atoms with Crippen LogP contribution in [0.2, 0.25) is 0 Å². The third-order valence-electron chi connectivity index (χ3n) is 4.33. The van der Waals surface area contributed by atoms with Crippen LogP contribution in [0.4, 0.5) is 0 Å². The lowest BCUT2D eigenvalue weighted by Crippen LogP contribution is -2.33. The summed E-state index contributed by atoms with van der Waals surface area (Å²) >= 11 is 0. The Morgan fingerprint density at radius 3 is 2.54 bits per heavy atom. The van der Waals surface area contributed by atoms with Gasteiger partial charge in [-0.15, -0.1) is 0 Å². The highest BCUT2D eigenvalue weighted by atomic mass is 32.2. The van der Waals surface area contributed by atoms with Crippen LogP contribution < -0.4 is 0 Å². The first-order valence-corrected chi connectivity index (χ1v) is 9.73. The number of pyridine rings is 1. The van der Waals surface area contributed by atoms with Crippen LogP contribution in [0.5, 0.6) is 0 Å². The fourth-order valence-electron chi connectivity index (χ4n) is 3.09. The normalized spacial score (nSPS) is 15.4. The maximum absolute atomic E-state index is 13.3. The molecule has 0 N–H and O–H groups in total. The standard InChI is InChI=1S/C17H24N4O2S/c1-12(2)21-14(4)17(13(3)19-21)24(22,23)20(16-7-8-16)11-15-6-5-9-18-10-15/h5-6,9-10,12,16H,7-8,11H2,1-4H3. The summed E-state index contributed by atoms with van der Waals surface area (Å²) < 4.78 is 30.1. The fraction of sp³-hybridized carbons (Fsp3) is 0.529. The molecule has 0 radical (unpaired) electrons. The van der Waals surface area contributed by atoms with Crippen LogP contribution in [0, 0.1) is 13.8 Å². The van der Waals surface area contributed by atoms with Crippen LogP contribution in [0.25, 0.3) is 0 Å². The van der Waals surface area contributed by atoms with E-state index in [9.17, 15) is 8.42 Å². The number of nitrogens with zero attached hydrogens (tertiary/aromatic N) is 4. The molecule has 0 atom stereocenters. The van der Waals surface area contributed by atoms with Crippen molar-refractivity contribution in [3.05, 3.63) is 41.5 Å². The second-order valence-corrected chi connectivity index (χ2v) is 8.51. The Hall–Kier alpha value is -1.73. The maximum atomic E-state index is 13.3. The van der Waals surface area contributed by atoms with Crippen molar-refractivity contribution in [2.24, 2.45) is 0 Å². The van der Waals surface area contributed by atoms with Gasteiger partial charge in [-0.05, 0) is 52.2 Å². The van der Waals surface area contributed by atoms with E-state index < -0.39 is 10.0 Å². The van der Waals surface area contributed by atoms with Crippen molar-refractivity contribution in [1.29, 1.82) is 0 Å². The molecule has 0 aliphatic heterocycles. The molecule has 2 heterocycles. The van der Waals surface area contributed by atoms with Gasteiger partial charge in [-0.2, -0.15) is 9.40 Å². The molecule has 24 heavy (non-hydrogen) atoms. The minimum Gasteiger partial charge on any atom is -0.266 e. The van der Waals surface area contributed by atoms with Crippen LogP contribution >= 0.6 is 0 Å². The maximum Gasteiger partial charge on any atom is 0.247 e. The quantitative estimate of drug-likeness (QED) is 0.805. The predicted molar refractivity (Wildman–Crippen MR) is 92.1 cm³/mol. The fourth-order valence-corrected chi connectivity index (χ4v) is 5.12. The van der Waals surface area contributed by atoms with Gasteiger partial charge in [0.1, 0.15) is 4.90 Å². The van der Waals surface area contributed by atoms with Crippen molar-refractivity contribution in [3.8, 4) is 0 Å². The lowest BCUT2D eigenvalue weighted by atomic mass is 10.3. The number of sulfonamides is 1. The number of aromatic nitrogens is 3. The Morgan fingerprint density at radius 1 is 1.33 bits per heavy atom. The summed E-state index contributed by atoms with van der Waals surface area (Å²) in [5.41, 5.74) is 2.18. The van der Waals surface area contributed by atoms with Gasteiger partial charge in [-0.3, -0.25) is 9.67 Å². The lowest BCUT2D eigenvalue weighted by molar-refractivity contribution is 0.397. The zero-order chi connectivity index (χ0) is 17.5. The van der Waals surface area contributed by atoms with E-state index in [1.165, 1.54) is 0 Å². The van der Waals surface area contributed by atoms with Gasteiger partial charge in [0, 0.05) is 31.0 Å². The van der Waals surface area contributed by atoms with Crippen molar-refractivity contribution in [1.82, 2.24) is 19.1 Å². The average molecular weight is 348 g/mol. The molecule has 7 heteroatoms. The van der Waals surface area contributed by atoms with Crippen LogP contribution in [0.3, 0.4) is 0 Å². The molecule has 0 aromatic carbocycles. The SMILES string of the molecule is Cc1nn(C(C)C)c(C)c1S(=O)(=O)N(Cc1cccnc1)C1CC1. The third kappa shape index (κ3) is 3.10. The predicted octanol–water partition coefficient (Wildman–Crippen LogP) is 2.83. The van der Waals surface area contributed by atoms with Crippen LogP contribution in [-0.2, 0) is 16.6 Å². The van der Waals surface area contributed by atoms with Gasteiger partial charge < -0.3 is 0 Å². The van der Waals surface area contributed by atoms with E-state index in [0.717, 1.165) is 18.4 Å². The van der Waals surface area contributed by atoms with E-state index in [1.807, 2.05) is 32.9 Å². The molecule has 3 rings (SSSR count). The molecule has 1 saturated carbocycles. The lowest BCUT2D eigenvalue weighted by Gasteiger charge is -2.22. The summed E-state index contributed by atoms with van der Waals surface area (Å²) in [5, 5.41) is 4.44. The summed E-state index contributed by atoms with van der Waals surface area (Å²) in [6.45, 7) is 7.97. The number of hydrogen-bond donors (Lipinski definition) is 0. The van der Waals surface area contributed by atoms with E-state index in [4.69, 9.17) is 0 Å². The Balaban J connectivity index is 2.01. The van der Waals surface area contributed by atoms with Gasteiger partial charge in [-0.1, -0.05) is 6.07 Å². The van der Waals surface area contributed by atoms with Crippen molar-refractivity contribution in [3.63, 3.8) is 0 Å². The summed E-state index contributed by atoms with van der Waals surface area (Å²) in [6, 6.07) is 3.95. The summed E-state index contributed by atoms with van der Waals surface area (Å²) in [6.07, 6.45) is 5.24.